The smallest absolute Gasteiger partial charge is 0.408 e. The lowest BCUT2D eigenvalue weighted by Gasteiger charge is -2.29. The average molecular weight is 504 g/mol. The lowest BCUT2D eigenvalue weighted by atomic mass is 10.1. The summed E-state index contributed by atoms with van der Waals surface area (Å²) in [4.78, 5) is 48.6. The summed E-state index contributed by atoms with van der Waals surface area (Å²) in [7, 11) is -4.62. The van der Waals surface area contributed by atoms with Gasteiger partial charge in [-0.2, -0.15) is 0 Å². The van der Waals surface area contributed by atoms with Crippen LogP contribution in [0.2, 0.25) is 0 Å². The molecule has 3 rings (SSSR count). The van der Waals surface area contributed by atoms with Crippen LogP contribution in [0.1, 0.15) is 30.9 Å². The normalized spacial score (nSPS) is 18.8. The number of hydrogen-bond donors (Lipinski definition) is 3. The maximum absolute atomic E-state index is 13.2. The van der Waals surface area contributed by atoms with Crippen molar-refractivity contribution in [2.45, 2.75) is 50.7 Å². The van der Waals surface area contributed by atoms with Crippen molar-refractivity contribution in [3.63, 3.8) is 0 Å². The zero-order chi connectivity index (χ0) is 25.4. The number of alkyl carbamates (subject to hydrolysis) is 1. The number of carbonyl (C=O) groups is 3. The summed E-state index contributed by atoms with van der Waals surface area (Å²) in [6, 6.07) is 16.7. The number of carboxylic acids is 1. The SMILES string of the molecule is CC(OP(=O)(O)[C@@H](Cc1ccccc1)NC(=O)OCc1ccccc1)C(=O)N1CCC[C@H]1C(=O)O. The molecule has 1 fully saturated rings. The number of carbonyl (C=O) groups excluding carboxylic acids is 2. The van der Waals surface area contributed by atoms with Gasteiger partial charge in [0.25, 0.3) is 5.91 Å². The molecule has 1 aliphatic rings. The van der Waals surface area contributed by atoms with Gasteiger partial charge in [-0.25, -0.2) is 9.59 Å². The molecule has 1 aliphatic heterocycles. The average Bonchev–Trinajstić information content (AvgIpc) is 3.33. The van der Waals surface area contributed by atoms with Gasteiger partial charge in [0, 0.05) is 13.0 Å². The van der Waals surface area contributed by atoms with E-state index in [0.717, 1.165) is 10.5 Å². The molecule has 11 heteroatoms. The number of carboxylic acid groups (broad SMARTS) is 1. The first-order valence-corrected chi connectivity index (χ1v) is 12.9. The van der Waals surface area contributed by atoms with E-state index < -0.39 is 43.5 Å². The summed E-state index contributed by atoms with van der Waals surface area (Å²) in [6.07, 6.45) is -1.56. The number of aliphatic carboxylic acids is 1. The summed E-state index contributed by atoms with van der Waals surface area (Å²) in [5.41, 5.74) is 1.40. The second kappa shape index (κ2) is 12.0. The van der Waals surface area contributed by atoms with E-state index in [9.17, 15) is 28.9 Å². The van der Waals surface area contributed by atoms with E-state index in [2.05, 4.69) is 5.32 Å². The van der Waals surface area contributed by atoms with Crippen molar-refractivity contribution in [2.24, 2.45) is 0 Å². The van der Waals surface area contributed by atoms with Crippen molar-refractivity contribution in [3.05, 3.63) is 71.8 Å². The molecular weight excluding hydrogens is 475 g/mol. The molecule has 2 aromatic rings. The van der Waals surface area contributed by atoms with Crippen LogP contribution in [-0.4, -0.2) is 57.3 Å². The summed E-state index contributed by atoms with van der Waals surface area (Å²) in [5, 5.41) is 11.7. The summed E-state index contributed by atoms with van der Waals surface area (Å²) < 4.78 is 23.7. The van der Waals surface area contributed by atoms with E-state index >= 15 is 0 Å². The molecule has 0 saturated carbocycles. The minimum absolute atomic E-state index is 0.0399. The lowest BCUT2D eigenvalue weighted by molar-refractivity contribution is -0.151. The molecule has 0 bridgehead atoms. The first-order chi connectivity index (χ1) is 16.7. The highest BCUT2D eigenvalue weighted by molar-refractivity contribution is 7.53. The third-order valence-corrected chi connectivity index (χ3v) is 7.36. The van der Waals surface area contributed by atoms with Crippen LogP contribution >= 0.6 is 7.60 Å². The van der Waals surface area contributed by atoms with Crippen molar-refractivity contribution < 1.29 is 38.2 Å². The highest BCUT2D eigenvalue weighted by Crippen LogP contribution is 2.49. The summed E-state index contributed by atoms with van der Waals surface area (Å²) in [5.74, 6) is -3.24. The van der Waals surface area contributed by atoms with Gasteiger partial charge in [0.05, 0.1) is 0 Å². The second-order valence-corrected chi connectivity index (χ2v) is 10.2. The number of likely N-dealkylation sites (tertiary alicyclic amines) is 1. The molecule has 0 aromatic heterocycles. The number of hydrogen-bond acceptors (Lipinski definition) is 6. The van der Waals surface area contributed by atoms with Gasteiger partial charge in [0.2, 0.25) is 0 Å². The van der Waals surface area contributed by atoms with Crippen LogP contribution in [0, 0.1) is 0 Å². The number of nitrogens with one attached hydrogen (secondary N) is 1. The summed E-state index contributed by atoms with van der Waals surface area (Å²) in [6.45, 7) is 1.47. The molecule has 0 radical (unpaired) electrons. The quantitative estimate of drug-likeness (QED) is 0.419. The van der Waals surface area contributed by atoms with Crippen LogP contribution in [0.25, 0.3) is 0 Å². The Balaban J connectivity index is 1.70. The topological polar surface area (TPSA) is 142 Å². The first kappa shape index (κ1) is 26.4. The lowest BCUT2D eigenvalue weighted by Crippen LogP contribution is -2.46. The van der Waals surface area contributed by atoms with Crippen molar-refractivity contribution in [1.82, 2.24) is 10.2 Å². The Kier molecular flexibility index (Phi) is 9.03. The number of amides is 2. The molecular formula is C24H29N2O8P. The van der Waals surface area contributed by atoms with E-state index in [1.165, 1.54) is 6.92 Å². The second-order valence-electron chi connectivity index (χ2n) is 8.25. The highest BCUT2D eigenvalue weighted by atomic mass is 31.2. The molecule has 0 aliphatic carbocycles. The zero-order valence-corrected chi connectivity index (χ0v) is 20.2. The molecule has 35 heavy (non-hydrogen) atoms. The van der Waals surface area contributed by atoms with Crippen LogP contribution < -0.4 is 5.32 Å². The maximum atomic E-state index is 13.2. The van der Waals surface area contributed by atoms with E-state index in [0.29, 0.717) is 18.4 Å². The Labute approximate surface area is 203 Å². The van der Waals surface area contributed by atoms with Crippen LogP contribution in [0.4, 0.5) is 4.79 Å². The Morgan fingerprint density at radius 2 is 1.69 bits per heavy atom. The standard InChI is InChI=1S/C24H29N2O8P/c1-17(22(27)26-14-8-13-20(26)23(28)29)34-35(31,32)21(15-18-9-4-2-5-10-18)25-24(30)33-16-19-11-6-3-7-12-19/h2-7,9-12,17,20-21H,8,13-16H2,1H3,(H,25,30)(H,28,29)(H,31,32)/t17?,20-,21-/m0/s1. The monoisotopic (exact) mass is 504 g/mol. The third-order valence-electron chi connectivity index (χ3n) is 5.64. The first-order valence-electron chi connectivity index (χ1n) is 11.2. The van der Waals surface area contributed by atoms with Gasteiger partial charge in [-0.15, -0.1) is 0 Å². The Hall–Kier alpha value is -3.20. The number of ether oxygens (including phenoxy) is 1. The molecule has 188 valence electrons. The van der Waals surface area contributed by atoms with Gasteiger partial charge in [-0.3, -0.25) is 13.9 Å². The van der Waals surface area contributed by atoms with Crippen LogP contribution in [0.15, 0.2) is 60.7 Å². The fourth-order valence-electron chi connectivity index (χ4n) is 3.85. The number of nitrogens with zero attached hydrogens (tertiary/aromatic N) is 1. The molecule has 2 aromatic carbocycles. The predicted molar refractivity (Wildman–Crippen MR) is 126 cm³/mol. The Morgan fingerprint density at radius 3 is 2.29 bits per heavy atom. The van der Waals surface area contributed by atoms with E-state index in [1.54, 1.807) is 54.6 Å². The molecule has 1 heterocycles. The molecule has 1 saturated heterocycles. The van der Waals surface area contributed by atoms with E-state index in [-0.39, 0.29) is 19.6 Å². The largest absolute Gasteiger partial charge is 0.480 e. The fourth-order valence-corrected chi connectivity index (χ4v) is 5.25. The minimum atomic E-state index is -4.62. The third kappa shape index (κ3) is 7.39. The van der Waals surface area contributed by atoms with Crippen LogP contribution in [0.3, 0.4) is 0 Å². The van der Waals surface area contributed by atoms with E-state index in [1.807, 2.05) is 6.07 Å². The molecule has 2 unspecified atom stereocenters. The molecule has 4 atom stereocenters. The zero-order valence-electron chi connectivity index (χ0n) is 19.3. The minimum Gasteiger partial charge on any atom is -0.480 e. The fraction of sp³-hybridized carbons (Fsp3) is 0.375. The molecule has 10 nitrogen and oxygen atoms in total. The van der Waals surface area contributed by atoms with Crippen molar-refractivity contribution in [1.29, 1.82) is 0 Å². The molecule has 3 N–H and O–H groups in total. The number of rotatable bonds is 10. The highest BCUT2D eigenvalue weighted by Gasteiger charge is 2.41. The van der Waals surface area contributed by atoms with E-state index in [4.69, 9.17) is 9.26 Å². The molecule has 0 spiro atoms. The Bertz CT molecular complexity index is 1070. The predicted octanol–water partition coefficient (Wildman–Crippen LogP) is 3.15. The van der Waals surface area contributed by atoms with Gasteiger partial charge < -0.3 is 25.0 Å². The van der Waals surface area contributed by atoms with Gasteiger partial charge in [0.1, 0.15) is 24.5 Å². The molecule has 2 amide bonds. The van der Waals surface area contributed by atoms with Crippen LogP contribution in [0.5, 0.6) is 0 Å². The Morgan fingerprint density at radius 1 is 1.09 bits per heavy atom. The van der Waals surface area contributed by atoms with Crippen molar-refractivity contribution in [2.75, 3.05) is 6.54 Å². The van der Waals surface area contributed by atoms with Gasteiger partial charge in [-0.05, 0) is 30.9 Å². The van der Waals surface area contributed by atoms with Crippen molar-refractivity contribution >= 4 is 25.6 Å². The van der Waals surface area contributed by atoms with Gasteiger partial charge >= 0.3 is 19.7 Å². The summed E-state index contributed by atoms with van der Waals surface area (Å²) >= 11 is 0. The van der Waals surface area contributed by atoms with Crippen molar-refractivity contribution in [3.8, 4) is 0 Å². The van der Waals surface area contributed by atoms with Crippen LogP contribution in [-0.2, 0) is 36.4 Å². The van der Waals surface area contributed by atoms with Gasteiger partial charge in [-0.1, -0.05) is 60.7 Å². The number of benzene rings is 2. The van der Waals surface area contributed by atoms with Gasteiger partial charge in [0.15, 0.2) is 0 Å². The maximum Gasteiger partial charge on any atom is 0.408 e.